The van der Waals surface area contributed by atoms with Crippen molar-refractivity contribution in [3.8, 4) is 0 Å². The van der Waals surface area contributed by atoms with Crippen LogP contribution in [0.5, 0.6) is 0 Å². The molecule has 0 amide bonds. The maximum atomic E-state index is 5.77. The minimum absolute atomic E-state index is 0.0955. The van der Waals surface area contributed by atoms with Crippen LogP contribution in [0.25, 0.3) is 0 Å². The van der Waals surface area contributed by atoms with Gasteiger partial charge in [0.05, 0.1) is 0 Å². The maximum Gasteiger partial charge on any atom is 0.231 e. The first-order valence-corrected chi connectivity index (χ1v) is 6.15. The Labute approximate surface area is 115 Å². The molecule has 0 saturated carbocycles. The molecule has 0 spiro atoms. The average molecular weight is 284 g/mol. The molecule has 2 aromatic rings. The van der Waals surface area contributed by atoms with Crippen molar-refractivity contribution in [2.45, 2.75) is 13.5 Å². The Kier molecular flexibility index (Phi) is 4.28. The van der Waals surface area contributed by atoms with Crippen LogP contribution in [-0.2, 0) is 6.54 Å². The SMILES string of the molecule is CCN(Cc1ccncc1)c1nc(Cl)nc(Cl)n1. The van der Waals surface area contributed by atoms with Crippen molar-refractivity contribution >= 4 is 29.2 Å². The van der Waals surface area contributed by atoms with Crippen molar-refractivity contribution in [1.82, 2.24) is 19.9 Å². The third-order valence-corrected chi connectivity index (χ3v) is 2.69. The molecule has 0 atom stereocenters. The van der Waals surface area contributed by atoms with Crippen LogP contribution >= 0.6 is 23.2 Å². The highest BCUT2D eigenvalue weighted by Gasteiger charge is 2.11. The lowest BCUT2D eigenvalue weighted by atomic mass is 10.2. The Morgan fingerprint density at radius 3 is 2.22 bits per heavy atom. The smallest absolute Gasteiger partial charge is 0.231 e. The van der Waals surface area contributed by atoms with Gasteiger partial charge in [0.25, 0.3) is 0 Å². The number of nitrogens with zero attached hydrogens (tertiary/aromatic N) is 5. The Balaban J connectivity index is 2.23. The molecule has 0 aliphatic heterocycles. The van der Waals surface area contributed by atoms with E-state index in [9.17, 15) is 0 Å². The van der Waals surface area contributed by atoms with Crippen LogP contribution in [0.3, 0.4) is 0 Å². The molecule has 0 saturated heterocycles. The first-order valence-electron chi connectivity index (χ1n) is 5.40. The molecular weight excluding hydrogens is 273 g/mol. The summed E-state index contributed by atoms with van der Waals surface area (Å²) < 4.78 is 0. The number of hydrogen-bond acceptors (Lipinski definition) is 5. The lowest BCUT2D eigenvalue weighted by Gasteiger charge is -2.20. The molecule has 7 heteroatoms. The third-order valence-electron chi connectivity index (χ3n) is 2.36. The van der Waals surface area contributed by atoms with Crippen LogP contribution in [0.1, 0.15) is 12.5 Å². The summed E-state index contributed by atoms with van der Waals surface area (Å²) in [6.07, 6.45) is 3.49. The average Bonchev–Trinajstić information content (AvgIpc) is 2.36. The van der Waals surface area contributed by atoms with Crippen molar-refractivity contribution in [1.29, 1.82) is 0 Å². The molecular formula is C11H11Cl2N5. The maximum absolute atomic E-state index is 5.77. The fourth-order valence-corrected chi connectivity index (χ4v) is 1.84. The number of pyridine rings is 1. The highest BCUT2D eigenvalue weighted by Crippen LogP contribution is 2.16. The quantitative estimate of drug-likeness (QED) is 0.863. The molecule has 0 aromatic carbocycles. The predicted octanol–water partition coefficient (Wildman–Crippen LogP) is 2.60. The Morgan fingerprint density at radius 1 is 1.06 bits per heavy atom. The van der Waals surface area contributed by atoms with Crippen LogP contribution in [0, 0.1) is 0 Å². The summed E-state index contributed by atoms with van der Waals surface area (Å²) in [5.74, 6) is 0.472. The van der Waals surface area contributed by atoms with Gasteiger partial charge in [-0.2, -0.15) is 15.0 Å². The van der Waals surface area contributed by atoms with E-state index in [0.717, 1.165) is 12.1 Å². The minimum Gasteiger partial charge on any atom is -0.337 e. The molecule has 94 valence electrons. The summed E-state index contributed by atoms with van der Waals surface area (Å²) >= 11 is 11.5. The molecule has 0 aliphatic rings. The van der Waals surface area contributed by atoms with Crippen molar-refractivity contribution in [2.24, 2.45) is 0 Å². The molecule has 0 aliphatic carbocycles. The molecule has 0 radical (unpaired) electrons. The molecule has 5 nitrogen and oxygen atoms in total. The molecule has 0 bridgehead atoms. The summed E-state index contributed by atoms with van der Waals surface area (Å²) in [5, 5.41) is 0.191. The van der Waals surface area contributed by atoms with Gasteiger partial charge in [0.1, 0.15) is 0 Å². The highest BCUT2D eigenvalue weighted by atomic mass is 35.5. The number of hydrogen-bond donors (Lipinski definition) is 0. The van der Waals surface area contributed by atoms with Gasteiger partial charge in [-0.1, -0.05) is 0 Å². The Bertz CT molecular complexity index is 500. The second-order valence-corrected chi connectivity index (χ2v) is 4.22. The standard InChI is InChI=1S/C11H11Cl2N5/c1-2-18(7-8-3-5-14-6-4-8)11-16-9(12)15-10(13)17-11/h3-6H,2,7H2,1H3. The largest absolute Gasteiger partial charge is 0.337 e. The molecule has 2 rings (SSSR count). The summed E-state index contributed by atoms with van der Waals surface area (Å²) in [4.78, 5) is 17.8. The lowest BCUT2D eigenvalue weighted by molar-refractivity contribution is 0.783. The zero-order chi connectivity index (χ0) is 13.0. The summed E-state index contributed by atoms with van der Waals surface area (Å²) in [6, 6.07) is 3.88. The van der Waals surface area contributed by atoms with Crippen LogP contribution in [0.15, 0.2) is 24.5 Å². The normalized spacial score (nSPS) is 10.4. The van der Waals surface area contributed by atoms with Crippen LogP contribution in [0.2, 0.25) is 10.6 Å². The minimum atomic E-state index is 0.0955. The molecule has 0 N–H and O–H groups in total. The molecule has 18 heavy (non-hydrogen) atoms. The highest BCUT2D eigenvalue weighted by molar-refractivity contribution is 6.31. The Hall–Kier alpha value is -1.46. The van der Waals surface area contributed by atoms with Gasteiger partial charge in [-0.05, 0) is 47.8 Å². The van der Waals surface area contributed by atoms with E-state index in [1.165, 1.54) is 0 Å². The second kappa shape index (κ2) is 5.93. The fourth-order valence-electron chi connectivity index (χ4n) is 1.49. The second-order valence-electron chi connectivity index (χ2n) is 3.54. The van der Waals surface area contributed by atoms with Gasteiger partial charge in [-0.3, -0.25) is 4.98 Å². The number of rotatable bonds is 4. The van der Waals surface area contributed by atoms with Crippen LogP contribution in [-0.4, -0.2) is 26.5 Å². The molecule has 0 fully saturated rings. The van der Waals surface area contributed by atoms with Gasteiger partial charge >= 0.3 is 0 Å². The first-order chi connectivity index (χ1) is 8.69. The van der Waals surface area contributed by atoms with Gasteiger partial charge in [0.15, 0.2) is 0 Å². The van der Waals surface area contributed by atoms with E-state index in [1.807, 2.05) is 24.0 Å². The predicted molar refractivity (Wildman–Crippen MR) is 70.8 cm³/mol. The number of anilines is 1. The van der Waals surface area contributed by atoms with Crippen LogP contribution in [0.4, 0.5) is 5.95 Å². The molecule has 2 aromatic heterocycles. The van der Waals surface area contributed by atoms with E-state index in [4.69, 9.17) is 23.2 Å². The fraction of sp³-hybridized carbons (Fsp3) is 0.273. The monoisotopic (exact) mass is 283 g/mol. The van der Waals surface area contributed by atoms with Crippen molar-refractivity contribution in [2.75, 3.05) is 11.4 Å². The topological polar surface area (TPSA) is 54.8 Å². The zero-order valence-electron chi connectivity index (χ0n) is 9.72. The summed E-state index contributed by atoms with van der Waals surface area (Å²) in [7, 11) is 0. The van der Waals surface area contributed by atoms with Gasteiger partial charge < -0.3 is 4.90 Å². The van der Waals surface area contributed by atoms with Crippen molar-refractivity contribution in [3.63, 3.8) is 0 Å². The zero-order valence-corrected chi connectivity index (χ0v) is 11.2. The van der Waals surface area contributed by atoms with Gasteiger partial charge in [0, 0.05) is 25.5 Å². The van der Waals surface area contributed by atoms with E-state index < -0.39 is 0 Å². The Morgan fingerprint density at radius 2 is 1.67 bits per heavy atom. The van der Waals surface area contributed by atoms with Crippen molar-refractivity contribution in [3.05, 3.63) is 40.7 Å². The number of aromatic nitrogens is 4. The number of halogens is 2. The lowest BCUT2D eigenvalue weighted by Crippen LogP contribution is -2.24. The summed E-state index contributed by atoms with van der Waals surface area (Å²) in [5.41, 5.74) is 1.11. The van der Waals surface area contributed by atoms with E-state index in [0.29, 0.717) is 12.5 Å². The molecule has 2 heterocycles. The van der Waals surface area contributed by atoms with Gasteiger partial charge in [0.2, 0.25) is 16.5 Å². The van der Waals surface area contributed by atoms with E-state index in [-0.39, 0.29) is 10.6 Å². The van der Waals surface area contributed by atoms with E-state index in [2.05, 4.69) is 19.9 Å². The van der Waals surface area contributed by atoms with E-state index >= 15 is 0 Å². The van der Waals surface area contributed by atoms with Gasteiger partial charge in [-0.25, -0.2) is 0 Å². The summed E-state index contributed by atoms with van der Waals surface area (Å²) in [6.45, 7) is 3.40. The molecule has 0 unspecified atom stereocenters. The first kappa shape index (κ1) is 13.0. The third kappa shape index (κ3) is 3.27. The van der Waals surface area contributed by atoms with Crippen LogP contribution < -0.4 is 4.90 Å². The van der Waals surface area contributed by atoms with E-state index in [1.54, 1.807) is 12.4 Å². The van der Waals surface area contributed by atoms with Gasteiger partial charge in [-0.15, -0.1) is 0 Å². The van der Waals surface area contributed by atoms with Crippen molar-refractivity contribution < 1.29 is 0 Å².